The van der Waals surface area contributed by atoms with Gasteiger partial charge in [-0.2, -0.15) is 0 Å². The standard InChI is InChI=1S/C65H87N11O9S/c1-45(70-60(79)51-14-13-15-52(40-51)73-65(27-31-67-32-28-65)63-72-59(74-75-63)50-25-29-66-30-26-50)48-21-23-54(24-22-48)85-35-12-7-6-10-33-82-36-38-84-39-37-83-34-11-8-9-16-56(78)71-58(64(3,4)5)62(81)76-43-53(77)41-55(76)61(80)68-42-47-17-19-49(20-18-47)57-46(2)69-44-86-57/h13-15,17-26,29-30,40,44-45,53,55,58,67,73,77H,6-12,16,27-28,31-39,41-43H2,1-5H3,(H,68,80)(H,70,79)(H,71,78)(H,72,74,75)/t45-,53-,55?,58-/m1/s1. The maximum Gasteiger partial charge on any atom is 0.251 e. The highest BCUT2D eigenvalue weighted by atomic mass is 32.1. The molecule has 4 atom stereocenters. The number of rotatable bonds is 33. The number of aliphatic hydroxyl groups is 1. The molecule has 4 amide bonds. The summed E-state index contributed by atoms with van der Waals surface area (Å²) in [7, 11) is 0. The number of carbonyl (C=O) groups is 4. The van der Waals surface area contributed by atoms with Crippen LogP contribution in [0.2, 0.25) is 0 Å². The van der Waals surface area contributed by atoms with Gasteiger partial charge < -0.3 is 60.5 Å². The average Bonchev–Trinajstić information content (AvgIpc) is 1.99. The van der Waals surface area contributed by atoms with Gasteiger partial charge >= 0.3 is 0 Å². The molecule has 462 valence electrons. The number of anilines is 1. The summed E-state index contributed by atoms with van der Waals surface area (Å²) in [5.41, 5.74) is 6.94. The normalized spacial score (nSPS) is 16.5. The molecule has 0 spiro atoms. The number of nitrogens with one attached hydrogen (secondary N) is 6. The maximum absolute atomic E-state index is 14.0. The smallest absolute Gasteiger partial charge is 0.251 e. The number of thiazole rings is 1. The number of nitrogens with zero attached hydrogens (tertiary/aromatic N) is 5. The second-order valence-electron chi connectivity index (χ2n) is 23.4. The molecule has 0 saturated carbocycles. The molecule has 3 aromatic carbocycles. The minimum atomic E-state index is -0.870. The van der Waals surface area contributed by atoms with E-state index in [9.17, 15) is 24.3 Å². The monoisotopic (exact) mass is 1200 g/mol. The van der Waals surface area contributed by atoms with E-state index in [1.54, 1.807) is 23.7 Å². The molecule has 20 nitrogen and oxygen atoms in total. The third-order valence-electron chi connectivity index (χ3n) is 15.7. The number of aromatic amines is 1. The van der Waals surface area contributed by atoms with Gasteiger partial charge in [-0.3, -0.25) is 24.2 Å². The van der Waals surface area contributed by atoms with Crippen LogP contribution in [0.5, 0.6) is 5.75 Å². The fourth-order valence-electron chi connectivity index (χ4n) is 10.7. The van der Waals surface area contributed by atoms with E-state index in [0.29, 0.717) is 64.1 Å². The molecule has 2 aliphatic heterocycles. The van der Waals surface area contributed by atoms with Crippen LogP contribution in [0.3, 0.4) is 0 Å². The van der Waals surface area contributed by atoms with Crippen LogP contribution in [0.15, 0.2) is 103 Å². The second kappa shape index (κ2) is 32.6. The third-order valence-corrected chi connectivity index (χ3v) is 16.7. The van der Waals surface area contributed by atoms with Gasteiger partial charge in [0.25, 0.3) is 5.91 Å². The summed E-state index contributed by atoms with van der Waals surface area (Å²) in [5, 5.41) is 35.8. The van der Waals surface area contributed by atoms with Crippen molar-refractivity contribution >= 4 is 40.7 Å². The van der Waals surface area contributed by atoms with E-state index >= 15 is 0 Å². The first kappa shape index (κ1) is 64.8. The van der Waals surface area contributed by atoms with Crippen molar-refractivity contribution < 1.29 is 43.2 Å². The minimum absolute atomic E-state index is 0.0219. The van der Waals surface area contributed by atoms with Gasteiger partial charge in [0.1, 0.15) is 17.8 Å². The van der Waals surface area contributed by atoms with Crippen LogP contribution in [-0.4, -0.2) is 143 Å². The van der Waals surface area contributed by atoms with Crippen LogP contribution >= 0.6 is 11.3 Å². The Balaban J connectivity index is 0.613. The SMILES string of the molecule is Cc1ncsc1-c1ccc(CNC(=O)C2C[C@@H](O)CN2C(=O)[C@@H](NC(=O)CCCCCOCCOCCOCCCCCCOc2ccc([C@@H](C)NC(=O)c3cccc(NC4(c5nnc(-c6ccncc6)[nH]5)CCNCC4)c3)cc2)C(C)(C)C)cc1. The van der Waals surface area contributed by atoms with Crippen LogP contribution in [0.25, 0.3) is 21.8 Å². The van der Waals surface area contributed by atoms with Crippen molar-refractivity contribution in [1.29, 1.82) is 0 Å². The Kier molecular flexibility index (Phi) is 24.5. The predicted molar refractivity (Wildman–Crippen MR) is 332 cm³/mol. The summed E-state index contributed by atoms with van der Waals surface area (Å²) in [6.07, 6.45) is 10.8. The van der Waals surface area contributed by atoms with Gasteiger partial charge in [0, 0.05) is 68.4 Å². The van der Waals surface area contributed by atoms with E-state index in [4.69, 9.17) is 18.9 Å². The van der Waals surface area contributed by atoms with E-state index in [0.717, 1.165) is 115 Å². The topological polar surface area (TPSA) is 256 Å². The molecule has 1 unspecified atom stereocenters. The van der Waals surface area contributed by atoms with Crippen molar-refractivity contribution in [3.63, 3.8) is 0 Å². The fourth-order valence-corrected chi connectivity index (χ4v) is 11.5. The van der Waals surface area contributed by atoms with Gasteiger partial charge in [-0.15, -0.1) is 21.5 Å². The molecule has 0 radical (unpaired) electrons. The van der Waals surface area contributed by atoms with Crippen LogP contribution in [-0.2, 0) is 40.7 Å². The number of ether oxygens (including phenoxy) is 4. The Morgan fingerprint density at radius 3 is 2.14 bits per heavy atom. The molecular formula is C65H87N11O9S. The van der Waals surface area contributed by atoms with Crippen molar-refractivity contribution in [3.8, 4) is 27.6 Å². The van der Waals surface area contributed by atoms with Crippen LogP contribution in [0.1, 0.15) is 137 Å². The summed E-state index contributed by atoms with van der Waals surface area (Å²) in [5.74, 6) is 1.14. The molecule has 2 aliphatic rings. The summed E-state index contributed by atoms with van der Waals surface area (Å²) < 4.78 is 23.2. The van der Waals surface area contributed by atoms with Crippen molar-refractivity contribution in [1.82, 2.24) is 51.3 Å². The zero-order valence-corrected chi connectivity index (χ0v) is 51.4. The number of aromatic nitrogens is 5. The molecule has 6 aromatic rings. The van der Waals surface area contributed by atoms with E-state index in [-0.39, 0.29) is 55.6 Å². The first-order valence-corrected chi connectivity index (χ1v) is 31.3. The molecule has 3 aromatic heterocycles. The Labute approximate surface area is 509 Å². The van der Waals surface area contributed by atoms with E-state index < -0.39 is 29.1 Å². The van der Waals surface area contributed by atoms with Crippen molar-refractivity contribution in [2.24, 2.45) is 5.41 Å². The third kappa shape index (κ3) is 19.2. The highest BCUT2D eigenvalue weighted by Gasteiger charge is 2.44. The van der Waals surface area contributed by atoms with Gasteiger partial charge in [0.05, 0.1) is 66.8 Å². The number of benzene rings is 3. The number of hydrogen-bond donors (Lipinski definition) is 7. The zero-order valence-electron chi connectivity index (χ0n) is 50.5. The number of H-pyrrole nitrogens is 1. The number of likely N-dealkylation sites (tertiary alicyclic amines) is 1. The largest absolute Gasteiger partial charge is 0.494 e. The number of aliphatic hydroxyl groups excluding tert-OH is 1. The molecule has 0 aliphatic carbocycles. The van der Waals surface area contributed by atoms with Crippen molar-refractivity contribution in [3.05, 3.63) is 131 Å². The molecule has 0 bridgehead atoms. The molecule has 2 saturated heterocycles. The predicted octanol–water partition coefficient (Wildman–Crippen LogP) is 8.84. The molecule has 21 heteroatoms. The average molecular weight is 1200 g/mol. The van der Waals surface area contributed by atoms with Gasteiger partial charge in [-0.05, 0) is 136 Å². The number of β-amino-alcohol motifs (C(OH)–C–C–N with tert-alkyl or cyclic N) is 1. The lowest BCUT2D eigenvalue weighted by Crippen LogP contribution is -2.57. The van der Waals surface area contributed by atoms with Gasteiger partial charge in [0.2, 0.25) is 17.7 Å². The van der Waals surface area contributed by atoms with Crippen molar-refractivity contribution in [2.45, 2.75) is 142 Å². The van der Waals surface area contributed by atoms with Crippen LogP contribution in [0, 0.1) is 12.3 Å². The minimum Gasteiger partial charge on any atom is -0.494 e. The lowest BCUT2D eigenvalue weighted by Gasteiger charge is -2.37. The van der Waals surface area contributed by atoms with E-state index in [1.165, 1.54) is 4.90 Å². The summed E-state index contributed by atoms with van der Waals surface area (Å²) in [4.78, 5) is 68.5. The van der Waals surface area contributed by atoms with Crippen LogP contribution in [0.4, 0.5) is 5.69 Å². The molecular weight excluding hydrogens is 1110 g/mol. The van der Waals surface area contributed by atoms with E-state index in [2.05, 4.69) is 51.7 Å². The highest BCUT2D eigenvalue weighted by Crippen LogP contribution is 2.35. The molecule has 8 rings (SSSR count). The number of hydrogen-bond acceptors (Lipinski definition) is 16. The maximum atomic E-state index is 14.0. The first-order chi connectivity index (χ1) is 41.7. The summed E-state index contributed by atoms with van der Waals surface area (Å²) >= 11 is 1.58. The number of unbranched alkanes of at least 4 members (excludes halogenated alkanes) is 5. The molecule has 2 fully saturated rings. The highest BCUT2D eigenvalue weighted by molar-refractivity contribution is 7.13. The first-order valence-electron chi connectivity index (χ1n) is 30.4. The lowest BCUT2D eigenvalue weighted by molar-refractivity contribution is -0.144. The number of pyridine rings is 1. The summed E-state index contributed by atoms with van der Waals surface area (Å²) in [6.45, 7) is 15.4. The second-order valence-corrected chi connectivity index (χ2v) is 24.3. The Morgan fingerprint density at radius 2 is 1.47 bits per heavy atom. The number of aryl methyl sites for hydroxylation is 1. The Morgan fingerprint density at radius 1 is 0.791 bits per heavy atom. The lowest BCUT2D eigenvalue weighted by atomic mass is 9.85. The van der Waals surface area contributed by atoms with Gasteiger partial charge in [-0.25, -0.2) is 4.98 Å². The number of amides is 4. The Hall–Kier alpha value is -7.14. The Bertz CT molecular complexity index is 3060. The molecule has 5 heterocycles. The summed E-state index contributed by atoms with van der Waals surface area (Å²) in [6, 6.07) is 25.3. The van der Waals surface area contributed by atoms with Crippen LogP contribution < -0.4 is 31.3 Å². The van der Waals surface area contributed by atoms with Gasteiger partial charge in [0.15, 0.2) is 11.6 Å². The zero-order chi connectivity index (χ0) is 60.7. The fraction of sp³-hybridized carbons (Fsp3) is 0.508. The van der Waals surface area contributed by atoms with Gasteiger partial charge in [-0.1, -0.05) is 76.1 Å². The number of piperidine rings is 1. The van der Waals surface area contributed by atoms with Crippen molar-refractivity contribution in [2.75, 3.05) is 71.2 Å². The van der Waals surface area contributed by atoms with E-state index in [1.807, 2.05) is 125 Å². The molecule has 7 N–H and O–H groups in total. The number of carbonyl (C=O) groups excluding carboxylic acids is 4. The molecule has 86 heavy (non-hydrogen) atoms. The quantitative estimate of drug-likeness (QED) is 0.0190.